The number of carbonyl (C=O) groups excluding carboxylic acids is 3. The van der Waals surface area contributed by atoms with E-state index in [4.69, 9.17) is 9.47 Å². The van der Waals surface area contributed by atoms with Crippen molar-refractivity contribution in [2.45, 2.75) is 70.7 Å². The Morgan fingerprint density at radius 3 is 2.36 bits per heavy atom. The summed E-state index contributed by atoms with van der Waals surface area (Å²) in [6.07, 6.45) is 4.55. The molecule has 42 heavy (non-hydrogen) atoms. The lowest BCUT2D eigenvalue weighted by molar-refractivity contribution is -0.154. The highest BCUT2D eigenvalue weighted by atomic mass is 16.5. The third-order valence-electron chi connectivity index (χ3n) is 9.68. The number of methoxy groups -OCH3 is 1. The molecule has 230 valence electrons. The number of carbonyl (C=O) groups is 3. The number of hydrogen-bond acceptors (Lipinski definition) is 6. The highest BCUT2D eigenvalue weighted by molar-refractivity contribution is 6.05. The molecule has 0 aliphatic carbocycles. The van der Waals surface area contributed by atoms with Crippen molar-refractivity contribution >= 4 is 23.4 Å². The fraction of sp³-hybridized carbons (Fsp3) is 0.606. The third-order valence-corrected chi connectivity index (χ3v) is 9.68. The summed E-state index contributed by atoms with van der Waals surface area (Å²) in [5.74, 6) is -1.97. The van der Waals surface area contributed by atoms with Crippen LogP contribution in [0, 0.1) is 23.7 Å². The molecule has 9 heteroatoms. The largest absolute Gasteiger partial charge is 0.497 e. The number of anilines is 1. The number of nitrogens with zero attached hydrogens (tertiary/aromatic N) is 3. The summed E-state index contributed by atoms with van der Waals surface area (Å²) < 4.78 is 12.2. The van der Waals surface area contributed by atoms with E-state index in [0.29, 0.717) is 30.9 Å². The van der Waals surface area contributed by atoms with E-state index in [-0.39, 0.29) is 42.7 Å². The van der Waals surface area contributed by atoms with Gasteiger partial charge in [0, 0.05) is 25.3 Å². The van der Waals surface area contributed by atoms with Gasteiger partial charge in [0.25, 0.3) is 5.91 Å². The lowest BCUT2D eigenvalue weighted by atomic mass is 9.62. The van der Waals surface area contributed by atoms with Crippen LogP contribution in [0.3, 0.4) is 0 Å². The number of likely N-dealkylation sites (tertiary alicyclic amines) is 1. The number of ether oxygens (including phenoxy) is 2. The van der Waals surface area contributed by atoms with Gasteiger partial charge in [-0.1, -0.05) is 39.8 Å². The summed E-state index contributed by atoms with van der Waals surface area (Å²) >= 11 is 0. The van der Waals surface area contributed by atoms with Gasteiger partial charge in [-0.05, 0) is 55.9 Å². The van der Waals surface area contributed by atoms with Gasteiger partial charge in [-0.3, -0.25) is 14.4 Å². The standard InChI is InChI=1S/C33H47N3O6/c1-9-16-34(17-10-2)29(38)26-27-30(39)36(25(20-37)21(4)5)28(33(27)19-22(6)32(26,7)42-33)31(40)35(18-11-3)23-12-14-24(41-8)15-13-23/h9,11-15,21-22,25-28,37H,1,3,10,16-20H2,2,4-8H3/t22?,25-,26-,27-,28?,32+,33?/m0/s1. The molecule has 1 aromatic carbocycles. The molecule has 0 saturated carbocycles. The van der Waals surface area contributed by atoms with Crippen LogP contribution in [0.1, 0.15) is 47.5 Å². The average Bonchev–Trinajstić information content (AvgIpc) is 3.48. The maximum absolute atomic E-state index is 14.8. The van der Waals surface area contributed by atoms with Crippen LogP contribution in [0.25, 0.3) is 0 Å². The Bertz CT molecular complexity index is 1200. The molecule has 3 saturated heterocycles. The predicted octanol–water partition coefficient (Wildman–Crippen LogP) is 3.67. The molecule has 3 fully saturated rings. The van der Waals surface area contributed by atoms with Gasteiger partial charge in [0.2, 0.25) is 11.8 Å². The van der Waals surface area contributed by atoms with Gasteiger partial charge in [0.15, 0.2) is 0 Å². The van der Waals surface area contributed by atoms with Gasteiger partial charge >= 0.3 is 0 Å². The third kappa shape index (κ3) is 4.84. The van der Waals surface area contributed by atoms with Crippen molar-refractivity contribution < 1.29 is 29.0 Å². The minimum Gasteiger partial charge on any atom is -0.497 e. The molecule has 3 amide bonds. The van der Waals surface area contributed by atoms with Crippen LogP contribution in [-0.2, 0) is 19.1 Å². The zero-order valence-electron chi connectivity index (χ0n) is 25.9. The van der Waals surface area contributed by atoms with Crippen molar-refractivity contribution in [1.82, 2.24) is 9.80 Å². The average molecular weight is 582 g/mol. The van der Waals surface area contributed by atoms with E-state index in [1.807, 2.05) is 34.6 Å². The summed E-state index contributed by atoms with van der Waals surface area (Å²) in [4.78, 5) is 48.6. The van der Waals surface area contributed by atoms with E-state index in [1.165, 1.54) is 0 Å². The lowest BCUT2D eigenvalue weighted by Crippen LogP contribution is -2.60. The Morgan fingerprint density at radius 2 is 1.83 bits per heavy atom. The molecule has 3 unspecified atom stereocenters. The van der Waals surface area contributed by atoms with Crippen LogP contribution >= 0.6 is 0 Å². The first kappa shape index (κ1) is 31.8. The van der Waals surface area contributed by atoms with Gasteiger partial charge < -0.3 is 29.3 Å². The molecule has 1 spiro atoms. The second kappa shape index (κ2) is 12.2. The highest BCUT2D eigenvalue weighted by Gasteiger charge is 2.80. The van der Waals surface area contributed by atoms with E-state index in [1.54, 1.807) is 58.2 Å². The van der Waals surface area contributed by atoms with E-state index in [2.05, 4.69) is 13.2 Å². The molecule has 1 N–H and O–H groups in total. The van der Waals surface area contributed by atoms with Crippen molar-refractivity contribution in [3.63, 3.8) is 0 Å². The molecule has 9 nitrogen and oxygen atoms in total. The van der Waals surface area contributed by atoms with E-state index >= 15 is 0 Å². The van der Waals surface area contributed by atoms with E-state index < -0.39 is 35.1 Å². The van der Waals surface area contributed by atoms with Gasteiger partial charge in [0.05, 0.1) is 37.2 Å². The lowest BCUT2D eigenvalue weighted by Gasteiger charge is -2.40. The predicted molar refractivity (Wildman–Crippen MR) is 162 cm³/mol. The number of aliphatic hydroxyl groups is 1. The van der Waals surface area contributed by atoms with Crippen LogP contribution in [0.2, 0.25) is 0 Å². The zero-order valence-corrected chi connectivity index (χ0v) is 25.9. The van der Waals surface area contributed by atoms with Crippen LogP contribution in [-0.4, -0.2) is 89.3 Å². The summed E-state index contributed by atoms with van der Waals surface area (Å²) in [6.45, 7) is 18.3. The summed E-state index contributed by atoms with van der Waals surface area (Å²) in [5, 5.41) is 10.6. The fourth-order valence-electron chi connectivity index (χ4n) is 7.58. The normalized spacial score (nSPS) is 30.3. The van der Waals surface area contributed by atoms with Crippen LogP contribution in [0.4, 0.5) is 5.69 Å². The minimum absolute atomic E-state index is 0.0848. The topological polar surface area (TPSA) is 99.6 Å². The monoisotopic (exact) mass is 581 g/mol. The summed E-state index contributed by atoms with van der Waals surface area (Å²) in [6, 6.07) is 5.48. The van der Waals surface area contributed by atoms with Gasteiger partial charge in [-0.15, -0.1) is 13.2 Å². The smallest absolute Gasteiger partial charge is 0.253 e. The van der Waals surface area contributed by atoms with E-state index in [9.17, 15) is 19.5 Å². The Morgan fingerprint density at radius 1 is 1.19 bits per heavy atom. The number of fused-ring (bicyclic) bond motifs is 1. The number of amides is 3. The molecule has 7 atom stereocenters. The van der Waals surface area contributed by atoms with Gasteiger partial charge in [-0.2, -0.15) is 0 Å². The molecule has 3 aliphatic heterocycles. The number of aliphatic hydroxyl groups excluding tert-OH is 1. The van der Waals surface area contributed by atoms with Crippen LogP contribution in [0.5, 0.6) is 5.75 Å². The SMILES string of the molecule is C=CCN(CCC)C(=O)[C@@H]1[C@H]2C(=O)N([C@@H](CO)C(C)C)C(C(=O)N(CC=C)c3ccc(OC)cc3)C23CC(C)[C@@]1(C)O3. The molecule has 1 aromatic rings. The molecular weight excluding hydrogens is 534 g/mol. The maximum atomic E-state index is 14.8. The highest BCUT2D eigenvalue weighted by Crippen LogP contribution is 2.66. The van der Waals surface area contributed by atoms with Crippen molar-refractivity contribution in [1.29, 1.82) is 0 Å². The van der Waals surface area contributed by atoms with Crippen molar-refractivity contribution in [2.24, 2.45) is 23.7 Å². The fourth-order valence-corrected chi connectivity index (χ4v) is 7.58. The second-order valence-corrected chi connectivity index (χ2v) is 12.5. The van der Waals surface area contributed by atoms with Gasteiger partial charge in [0.1, 0.15) is 17.4 Å². The molecule has 4 rings (SSSR count). The molecule has 0 radical (unpaired) electrons. The number of hydrogen-bond donors (Lipinski definition) is 1. The van der Waals surface area contributed by atoms with Crippen molar-refractivity contribution in [3.05, 3.63) is 49.6 Å². The first-order valence-corrected chi connectivity index (χ1v) is 15.1. The Balaban J connectivity index is 1.88. The quantitative estimate of drug-likeness (QED) is 0.357. The maximum Gasteiger partial charge on any atom is 0.253 e. The Kier molecular flexibility index (Phi) is 9.23. The van der Waals surface area contributed by atoms with E-state index in [0.717, 1.165) is 6.42 Å². The summed E-state index contributed by atoms with van der Waals surface area (Å²) in [5.41, 5.74) is -1.52. The number of benzene rings is 1. The zero-order chi connectivity index (χ0) is 31.0. The molecule has 3 aliphatic rings. The molecule has 2 bridgehead atoms. The molecular formula is C33H47N3O6. The minimum atomic E-state index is -1.22. The first-order valence-electron chi connectivity index (χ1n) is 15.1. The van der Waals surface area contributed by atoms with Gasteiger partial charge in [-0.25, -0.2) is 0 Å². The van der Waals surface area contributed by atoms with Crippen molar-refractivity contribution in [2.75, 3.05) is 38.3 Å². The van der Waals surface area contributed by atoms with Crippen molar-refractivity contribution in [3.8, 4) is 5.75 Å². The Labute approximate surface area is 250 Å². The summed E-state index contributed by atoms with van der Waals surface area (Å²) in [7, 11) is 1.58. The molecule has 3 heterocycles. The van der Waals surface area contributed by atoms with Crippen LogP contribution in [0.15, 0.2) is 49.6 Å². The molecule has 0 aromatic heterocycles. The first-order chi connectivity index (χ1) is 20.0. The number of rotatable bonds is 13. The van der Waals surface area contributed by atoms with Crippen LogP contribution < -0.4 is 9.64 Å². The second-order valence-electron chi connectivity index (χ2n) is 12.5. The Hall–Kier alpha value is -3.17.